The molecule has 0 radical (unpaired) electrons. The van der Waals surface area contributed by atoms with E-state index in [0.717, 1.165) is 6.04 Å². The molecular weight excluding hydrogens is 278 g/mol. The smallest absolute Gasteiger partial charge is 0.0170 e. The minimum absolute atomic E-state index is 0.627. The summed E-state index contributed by atoms with van der Waals surface area (Å²) in [7, 11) is 2.34. The number of fused-ring (bicyclic) bond motifs is 2. The molecule has 0 saturated carbocycles. The number of likely N-dealkylation sites (N-methyl/N-ethyl adjacent to an activating group) is 1. The van der Waals surface area contributed by atoms with Gasteiger partial charge in [0.2, 0.25) is 0 Å². The zero-order valence-corrected chi connectivity index (χ0v) is 14.5. The third-order valence-corrected chi connectivity index (χ3v) is 6.24. The van der Waals surface area contributed by atoms with Gasteiger partial charge in [-0.1, -0.05) is 59.7 Å². The molecule has 4 rings (SSSR count). The molecule has 2 bridgehead atoms. The molecule has 120 valence electrons. The van der Waals surface area contributed by atoms with E-state index in [1.807, 2.05) is 0 Å². The van der Waals surface area contributed by atoms with Crippen molar-refractivity contribution < 1.29 is 0 Å². The van der Waals surface area contributed by atoms with Gasteiger partial charge in [-0.2, -0.15) is 0 Å². The molecule has 2 aromatic rings. The maximum Gasteiger partial charge on any atom is 0.0170 e. The molecule has 0 aliphatic carbocycles. The number of benzene rings is 2. The first-order chi connectivity index (χ1) is 11.1. The summed E-state index contributed by atoms with van der Waals surface area (Å²) < 4.78 is 0. The van der Waals surface area contributed by atoms with Crippen molar-refractivity contribution >= 4 is 0 Å². The predicted octanol–water partition coefficient (Wildman–Crippen LogP) is 5.04. The van der Waals surface area contributed by atoms with Crippen LogP contribution in [0.5, 0.6) is 0 Å². The largest absolute Gasteiger partial charge is 0.300 e. The van der Waals surface area contributed by atoms with Crippen molar-refractivity contribution in [3.63, 3.8) is 0 Å². The van der Waals surface area contributed by atoms with E-state index in [1.54, 1.807) is 0 Å². The Bertz CT molecular complexity index is 670. The van der Waals surface area contributed by atoms with Gasteiger partial charge in [-0.05, 0) is 57.2 Å². The van der Waals surface area contributed by atoms with Crippen LogP contribution in [0.2, 0.25) is 0 Å². The molecule has 2 fully saturated rings. The van der Waals surface area contributed by atoms with Crippen molar-refractivity contribution in [1.29, 1.82) is 0 Å². The molecule has 4 atom stereocenters. The Kier molecular flexibility index (Phi) is 3.77. The average Bonchev–Trinajstić information content (AvgIpc) is 2.80. The molecule has 0 amide bonds. The summed E-state index contributed by atoms with van der Waals surface area (Å²) in [5.74, 6) is 1.29. The monoisotopic (exact) mass is 305 g/mol. The normalized spacial score (nSPS) is 30.6. The lowest BCUT2D eigenvalue weighted by molar-refractivity contribution is 0.137. The van der Waals surface area contributed by atoms with Gasteiger partial charge < -0.3 is 0 Å². The molecule has 1 nitrogen and oxygen atoms in total. The van der Waals surface area contributed by atoms with Gasteiger partial charge in [0.05, 0.1) is 0 Å². The maximum absolute atomic E-state index is 2.66. The molecule has 23 heavy (non-hydrogen) atoms. The molecule has 0 aromatic heterocycles. The van der Waals surface area contributed by atoms with Crippen LogP contribution in [0.1, 0.15) is 53.4 Å². The molecule has 0 spiro atoms. The van der Waals surface area contributed by atoms with Gasteiger partial charge in [-0.3, -0.25) is 4.90 Å². The fourth-order valence-corrected chi connectivity index (χ4v) is 4.87. The first-order valence-corrected chi connectivity index (χ1v) is 8.98. The van der Waals surface area contributed by atoms with Crippen molar-refractivity contribution in [2.75, 3.05) is 7.05 Å². The summed E-state index contributed by atoms with van der Waals surface area (Å²) in [4.78, 5) is 2.66. The minimum atomic E-state index is 0.627. The predicted molar refractivity (Wildman–Crippen MR) is 97.0 cm³/mol. The highest BCUT2D eigenvalue weighted by molar-refractivity contribution is 5.35. The van der Waals surface area contributed by atoms with E-state index in [9.17, 15) is 0 Å². The van der Waals surface area contributed by atoms with Gasteiger partial charge in [0.25, 0.3) is 0 Å². The van der Waals surface area contributed by atoms with Crippen LogP contribution >= 0.6 is 0 Å². The van der Waals surface area contributed by atoms with E-state index in [-0.39, 0.29) is 0 Å². The lowest BCUT2D eigenvalue weighted by Crippen LogP contribution is -2.44. The molecule has 0 N–H and O–H groups in total. The Balaban J connectivity index is 1.76. The molecular formula is C22H27N. The standard InChI is InChI=1S/C22H27N/c1-15-4-8-17(9-5-15)20-14-19-12-13-21(23(19)3)22(20)18-10-6-16(2)7-11-18/h4-11,19-22H,12-14H2,1-3H3/t19-,20+,21?,22?/m1/s1. The van der Waals surface area contributed by atoms with Crippen LogP contribution in [0.4, 0.5) is 0 Å². The first-order valence-electron chi connectivity index (χ1n) is 8.98. The lowest BCUT2D eigenvalue weighted by Gasteiger charge is -2.43. The fourth-order valence-electron chi connectivity index (χ4n) is 4.87. The Morgan fingerprint density at radius 1 is 0.783 bits per heavy atom. The van der Waals surface area contributed by atoms with Crippen LogP contribution in [-0.4, -0.2) is 24.0 Å². The van der Waals surface area contributed by atoms with Crippen molar-refractivity contribution in [3.05, 3.63) is 70.8 Å². The third kappa shape index (κ3) is 2.61. The van der Waals surface area contributed by atoms with E-state index in [1.165, 1.54) is 41.5 Å². The van der Waals surface area contributed by atoms with Crippen LogP contribution in [-0.2, 0) is 0 Å². The second-order valence-corrected chi connectivity index (χ2v) is 7.65. The lowest BCUT2D eigenvalue weighted by atomic mass is 9.72. The van der Waals surface area contributed by atoms with E-state index < -0.39 is 0 Å². The van der Waals surface area contributed by atoms with Crippen molar-refractivity contribution in [2.45, 2.75) is 57.0 Å². The summed E-state index contributed by atoms with van der Waals surface area (Å²) in [6, 6.07) is 20.1. The van der Waals surface area contributed by atoms with Crippen molar-refractivity contribution in [2.24, 2.45) is 0 Å². The van der Waals surface area contributed by atoms with Crippen molar-refractivity contribution in [3.8, 4) is 0 Å². The summed E-state index contributed by atoms with van der Waals surface area (Å²) in [6.45, 7) is 4.36. The van der Waals surface area contributed by atoms with Gasteiger partial charge in [0.1, 0.15) is 0 Å². The zero-order chi connectivity index (χ0) is 16.0. The summed E-state index contributed by atoms with van der Waals surface area (Å²) >= 11 is 0. The van der Waals surface area contributed by atoms with Crippen LogP contribution in [0.25, 0.3) is 0 Å². The average molecular weight is 305 g/mol. The molecule has 2 heterocycles. The minimum Gasteiger partial charge on any atom is -0.300 e. The second-order valence-electron chi connectivity index (χ2n) is 7.65. The Morgan fingerprint density at radius 2 is 1.35 bits per heavy atom. The number of piperidine rings is 1. The van der Waals surface area contributed by atoms with Gasteiger partial charge >= 0.3 is 0 Å². The van der Waals surface area contributed by atoms with Gasteiger partial charge in [-0.25, -0.2) is 0 Å². The SMILES string of the molecule is Cc1ccc(C2C3CC[C@H](C[C@H]2c2ccc(C)cc2)N3C)cc1. The summed E-state index contributed by atoms with van der Waals surface area (Å²) in [5.41, 5.74) is 5.77. The third-order valence-electron chi connectivity index (χ3n) is 6.24. The van der Waals surface area contributed by atoms with Gasteiger partial charge in [0, 0.05) is 18.0 Å². The zero-order valence-electron chi connectivity index (χ0n) is 14.5. The highest BCUT2D eigenvalue weighted by Crippen LogP contribution is 2.50. The molecule has 1 heteroatoms. The number of rotatable bonds is 2. The van der Waals surface area contributed by atoms with E-state index in [4.69, 9.17) is 0 Å². The maximum atomic E-state index is 2.66. The molecule has 2 saturated heterocycles. The highest BCUT2D eigenvalue weighted by atomic mass is 15.2. The second kappa shape index (κ2) is 5.79. The molecule has 2 unspecified atom stereocenters. The van der Waals surface area contributed by atoms with Gasteiger partial charge in [0.15, 0.2) is 0 Å². The Morgan fingerprint density at radius 3 is 1.96 bits per heavy atom. The van der Waals surface area contributed by atoms with Gasteiger partial charge in [-0.15, -0.1) is 0 Å². The van der Waals surface area contributed by atoms with Crippen LogP contribution in [0.15, 0.2) is 48.5 Å². The number of hydrogen-bond donors (Lipinski definition) is 0. The summed E-state index contributed by atoms with van der Waals surface area (Å²) in [5, 5.41) is 0. The topological polar surface area (TPSA) is 3.24 Å². The quantitative estimate of drug-likeness (QED) is 0.751. The van der Waals surface area contributed by atoms with Crippen LogP contribution in [0, 0.1) is 13.8 Å². The van der Waals surface area contributed by atoms with E-state index in [2.05, 4.69) is 74.3 Å². The van der Waals surface area contributed by atoms with E-state index in [0.29, 0.717) is 17.9 Å². The Labute approximate surface area is 140 Å². The highest BCUT2D eigenvalue weighted by Gasteiger charge is 2.46. The fraction of sp³-hybridized carbons (Fsp3) is 0.455. The number of hydrogen-bond acceptors (Lipinski definition) is 1. The Hall–Kier alpha value is -1.60. The number of aryl methyl sites for hydroxylation is 2. The van der Waals surface area contributed by atoms with Crippen LogP contribution < -0.4 is 0 Å². The molecule has 2 aliphatic heterocycles. The molecule has 2 aromatic carbocycles. The van der Waals surface area contributed by atoms with E-state index >= 15 is 0 Å². The summed E-state index contributed by atoms with van der Waals surface area (Å²) in [6.07, 6.45) is 4.02. The number of nitrogens with zero attached hydrogens (tertiary/aromatic N) is 1. The molecule has 2 aliphatic rings. The first kappa shape index (κ1) is 15.0. The van der Waals surface area contributed by atoms with Crippen molar-refractivity contribution in [1.82, 2.24) is 4.90 Å². The van der Waals surface area contributed by atoms with Crippen LogP contribution in [0.3, 0.4) is 0 Å².